The van der Waals surface area contributed by atoms with Crippen LogP contribution >= 0.6 is 0 Å². The number of nitrogen functional groups attached to an aromatic ring is 1. The van der Waals surface area contributed by atoms with Crippen LogP contribution in [0.1, 0.15) is 21.9 Å². The first-order chi connectivity index (χ1) is 8.68. The molecule has 6 heteroatoms. The van der Waals surface area contributed by atoms with Crippen LogP contribution in [-0.2, 0) is 6.42 Å². The molecule has 0 fully saturated rings. The third-order valence-electron chi connectivity index (χ3n) is 2.60. The van der Waals surface area contributed by atoms with Crippen LogP contribution in [0.25, 0.3) is 0 Å². The number of pyridine rings is 1. The lowest BCUT2D eigenvalue weighted by Gasteiger charge is -2.03. The van der Waals surface area contributed by atoms with Crippen molar-refractivity contribution < 1.29 is 4.79 Å². The van der Waals surface area contributed by atoms with E-state index in [1.54, 1.807) is 13.1 Å². The smallest absolute Gasteiger partial charge is 0.273 e. The molecule has 4 N–H and O–H groups in total. The van der Waals surface area contributed by atoms with Gasteiger partial charge in [-0.2, -0.15) is 5.10 Å². The average Bonchev–Trinajstić information content (AvgIpc) is 2.71. The number of aromatic amines is 1. The van der Waals surface area contributed by atoms with E-state index in [-0.39, 0.29) is 11.6 Å². The number of nitrogens with two attached hydrogens (primary N) is 1. The van der Waals surface area contributed by atoms with Gasteiger partial charge in [-0.25, -0.2) is 0 Å². The van der Waals surface area contributed by atoms with Gasteiger partial charge in [-0.15, -0.1) is 0 Å². The molecule has 2 aromatic rings. The number of hydrogen-bond donors (Lipinski definition) is 3. The average molecular weight is 245 g/mol. The number of rotatable bonds is 4. The maximum atomic E-state index is 11.8. The molecule has 0 spiro atoms. The molecule has 0 bridgehead atoms. The summed E-state index contributed by atoms with van der Waals surface area (Å²) < 4.78 is 0. The van der Waals surface area contributed by atoms with Crippen LogP contribution in [0.4, 0.5) is 5.69 Å². The number of carbonyl (C=O) groups excluding carboxylic acids is 1. The molecule has 1 amide bonds. The maximum Gasteiger partial charge on any atom is 0.273 e. The van der Waals surface area contributed by atoms with E-state index in [2.05, 4.69) is 20.5 Å². The van der Waals surface area contributed by atoms with E-state index in [4.69, 9.17) is 5.73 Å². The second-order valence-corrected chi connectivity index (χ2v) is 3.94. The molecule has 94 valence electrons. The van der Waals surface area contributed by atoms with Crippen molar-refractivity contribution in [3.8, 4) is 0 Å². The zero-order valence-electron chi connectivity index (χ0n) is 10.1. The van der Waals surface area contributed by atoms with Gasteiger partial charge in [-0.1, -0.05) is 6.07 Å². The van der Waals surface area contributed by atoms with E-state index >= 15 is 0 Å². The molecule has 18 heavy (non-hydrogen) atoms. The van der Waals surface area contributed by atoms with Crippen LogP contribution in [-0.4, -0.2) is 27.6 Å². The van der Waals surface area contributed by atoms with E-state index in [0.717, 1.165) is 5.69 Å². The Kier molecular flexibility index (Phi) is 3.57. The number of amides is 1. The number of H-pyrrole nitrogens is 1. The Morgan fingerprint density at radius 3 is 2.94 bits per heavy atom. The number of nitrogens with one attached hydrogen (secondary N) is 2. The first-order valence-corrected chi connectivity index (χ1v) is 5.67. The van der Waals surface area contributed by atoms with Crippen molar-refractivity contribution in [1.29, 1.82) is 0 Å². The Bertz CT molecular complexity index is 535. The molecule has 2 aromatic heterocycles. The third-order valence-corrected chi connectivity index (χ3v) is 2.60. The number of nitrogens with zero attached hydrogens (tertiary/aromatic N) is 2. The third kappa shape index (κ3) is 2.65. The Morgan fingerprint density at radius 2 is 2.33 bits per heavy atom. The summed E-state index contributed by atoms with van der Waals surface area (Å²) >= 11 is 0. The summed E-state index contributed by atoms with van der Waals surface area (Å²) in [5, 5.41) is 9.30. The number of carbonyl (C=O) groups is 1. The molecular weight excluding hydrogens is 230 g/mol. The van der Waals surface area contributed by atoms with Crippen LogP contribution < -0.4 is 11.1 Å². The molecule has 6 nitrogen and oxygen atoms in total. The summed E-state index contributed by atoms with van der Waals surface area (Å²) in [5.41, 5.74) is 7.99. The van der Waals surface area contributed by atoms with Crippen LogP contribution in [0.3, 0.4) is 0 Å². The van der Waals surface area contributed by atoms with E-state index in [1.807, 2.05) is 18.2 Å². The van der Waals surface area contributed by atoms with E-state index in [0.29, 0.717) is 24.3 Å². The SMILES string of the molecule is Cc1[nH]nc(C(=O)NCCc2ccccn2)c1N. The number of anilines is 1. The van der Waals surface area contributed by atoms with Crippen molar-refractivity contribution in [2.24, 2.45) is 0 Å². The van der Waals surface area contributed by atoms with Gasteiger partial charge < -0.3 is 11.1 Å². The first-order valence-electron chi connectivity index (χ1n) is 5.67. The fraction of sp³-hybridized carbons (Fsp3) is 0.250. The predicted octanol–water partition coefficient (Wildman–Crippen LogP) is 0.668. The fourth-order valence-electron chi connectivity index (χ4n) is 1.54. The Hall–Kier alpha value is -2.37. The highest BCUT2D eigenvalue weighted by atomic mass is 16.1. The summed E-state index contributed by atoms with van der Waals surface area (Å²) in [4.78, 5) is 15.9. The van der Waals surface area contributed by atoms with Crippen molar-refractivity contribution in [3.05, 3.63) is 41.5 Å². The monoisotopic (exact) mass is 245 g/mol. The standard InChI is InChI=1S/C12H15N5O/c1-8-10(13)11(17-16-8)12(18)15-7-5-9-4-2-3-6-14-9/h2-4,6H,5,7,13H2,1H3,(H,15,18)(H,16,17). The summed E-state index contributed by atoms with van der Waals surface area (Å²) in [6.45, 7) is 2.27. The lowest BCUT2D eigenvalue weighted by atomic mass is 10.2. The minimum atomic E-state index is -0.271. The molecule has 0 radical (unpaired) electrons. The summed E-state index contributed by atoms with van der Waals surface area (Å²) in [6, 6.07) is 5.69. The molecule has 0 aliphatic rings. The molecular formula is C12H15N5O. The zero-order chi connectivity index (χ0) is 13.0. The number of aryl methyl sites for hydroxylation is 1. The van der Waals surface area contributed by atoms with E-state index < -0.39 is 0 Å². The Balaban J connectivity index is 1.88. The molecule has 0 atom stereocenters. The number of aromatic nitrogens is 3. The molecule has 2 heterocycles. The van der Waals surface area contributed by atoms with Crippen molar-refractivity contribution in [3.63, 3.8) is 0 Å². The van der Waals surface area contributed by atoms with Gasteiger partial charge in [0.2, 0.25) is 0 Å². The molecule has 0 aliphatic carbocycles. The van der Waals surface area contributed by atoms with E-state index in [1.165, 1.54) is 0 Å². The predicted molar refractivity (Wildman–Crippen MR) is 68.0 cm³/mol. The molecule has 0 aromatic carbocycles. The topological polar surface area (TPSA) is 96.7 Å². The van der Waals surface area contributed by atoms with Gasteiger partial charge in [0.25, 0.3) is 5.91 Å². The van der Waals surface area contributed by atoms with Gasteiger partial charge in [0, 0.05) is 24.9 Å². The highest BCUT2D eigenvalue weighted by molar-refractivity contribution is 5.97. The van der Waals surface area contributed by atoms with Crippen LogP contribution in [0.15, 0.2) is 24.4 Å². The minimum Gasteiger partial charge on any atom is -0.395 e. The van der Waals surface area contributed by atoms with Gasteiger partial charge in [-0.3, -0.25) is 14.9 Å². The molecule has 0 saturated heterocycles. The molecule has 0 aliphatic heterocycles. The van der Waals surface area contributed by atoms with Crippen molar-refractivity contribution in [2.75, 3.05) is 12.3 Å². The molecule has 0 unspecified atom stereocenters. The van der Waals surface area contributed by atoms with E-state index in [9.17, 15) is 4.79 Å². The van der Waals surface area contributed by atoms with Gasteiger partial charge >= 0.3 is 0 Å². The minimum absolute atomic E-state index is 0.244. The van der Waals surface area contributed by atoms with Crippen LogP contribution in [0, 0.1) is 6.92 Å². The van der Waals surface area contributed by atoms with Crippen LogP contribution in [0.2, 0.25) is 0 Å². The summed E-state index contributed by atoms with van der Waals surface area (Å²) in [7, 11) is 0. The Labute approximate surface area is 105 Å². The first kappa shape index (κ1) is 12.1. The largest absolute Gasteiger partial charge is 0.395 e. The molecule has 2 rings (SSSR count). The highest BCUT2D eigenvalue weighted by Crippen LogP contribution is 2.11. The maximum absolute atomic E-state index is 11.8. The van der Waals surface area contributed by atoms with Crippen LogP contribution in [0.5, 0.6) is 0 Å². The quantitative estimate of drug-likeness (QED) is 0.737. The second-order valence-electron chi connectivity index (χ2n) is 3.94. The van der Waals surface area contributed by atoms with Gasteiger partial charge in [0.1, 0.15) is 0 Å². The molecule has 0 saturated carbocycles. The lowest BCUT2D eigenvalue weighted by Crippen LogP contribution is -2.27. The van der Waals surface area contributed by atoms with Crippen molar-refractivity contribution >= 4 is 11.6 Å². The summed E-state index contributed by atoms with van der Waals surface area (Å²) in [5.74, 6) is -0.271. The second kappa shape index (κ2) is 5.31. The Morgan fingerprint density at radius 1 is 1.50 bits per heavy atom. The van der Waals surface area contributed by atoms with Gasteiger partial charge in [-0.05, 0) is 19.1 Å². The zero-order valence-corrected chi connectivity index (χ0v) is 10.1. The fourth-order valence-corrected chi connectivity index (χ4v) is 1.54. The lowest BCUT2D eigenvalue weighted by molar-refractivity contribution is 0.0950. The highest BCUT2D eigenvalue weighted by Gasteiger charge is 2.14. The number of hydrogen-bond acceptors (Lipinski definition) is 4. The van der Waals surface area contributed by atoms with Gasteiger partial charge in [0.05, 0.1) is 11.4 Å². The van der Waals surface area contributed by atoms with Crippen molar-refractivity contribution in [1.82, 2.24) is 20.5 Å². The normalized spacial score (nSPS) is 10.3. The summed E-state index contributed by atoms with van der Waals surface area (Å²) in [6.07, 6.45) is 2.40. The van der Waals surface area contributed by atoms with Gasteiger partial charge in [0.15, 0.2) is 5.69 Å². The van der Waals surface area contributed by atoms with Crippen molar-refractivity contribution in [2.45, 2.75) is 13.3 Å².